The SMILES string of the molecule is Cc1cccc(CCC(=O)N[C@@H]2CCCNC2)c1. The number of rotatable bonds is 4. The molecule has 0 radical (unpaired) electrons. The number of carbonyl (C=O) groups is 1. The van der Waals surface area contributed by atoms with Crippen LogP contribution in [0.25, 0.3) is 0 Å². The average molecular weight is 246 g/mol. The van der Waals surface area contributed by atoms with Gasteiger partial charge in [0.05, 0.1) is 0 Å². The van der Waals surface area contributed by atoms with Crippen LogP contribution in [0.5, 0.6) is 0 Å². The van der Waals surface area contributed by atoms with Gasteiger partial charge in [0.15, 0.2) is 0 Å². The Kier molecular flexibility index (Phi) is 4.76. The molecule has 0 aromatic heterocycles. The van der Waals surface area contributed by atoms with Crippen LogP contribution in [0.1, 0.15) is 30.4 Å². The van der Waals surface area contributed by atoms with Gasteiger partial charge >= 0.3 is 0 Å². The maximum Gasteiger partial charge on any atom is 0.220 e. The maximum absolute atomic E-state index is 11.8. The summed E-state index contributed by atoms with van der Waals surface area (Å²) < 4.78 is 0. The predicted octanol–water partition coefficient (Wildman–Crippen LogP) is 1.80. The standard InChI is InChI=1S/C15H22N2O/c1-12-4-2-5-13(10-12)7-8-15(18)17-14-6-3-9-16-11-14/h2,4-5,10,14,16H,3,6-9,11H2,1H3,(H,17,18)/t14-/m1/s1. The Morgan fingerprint density at radius 1 is 1.50 bits per heavy atom. The molecule has 3 heteroatoms. The molecule has 18 heavy (non-hydrogen) atoms. The third-order valence-electron chi connectivity index (χ3n) is 3.39. The molecule has 2 N–H and O–H groups in total. The van der Waals surface area contributed by atoms with Gasteiger partial charge in [-0.15, -0.1) is 0 Å². The summed E-state index contributed by atoms with van der Waals surface area (Å²) in [7, 11) is 0. The molecule has 3 nitrogen and oxygen atoms in total. The van der Waals surface area contributed by atoms with Gasteiger partial charge in [0.1, 0.15) is 0 Å². The summed E-state index contributed by atoms with van der Waals surface area (Å²) in [5, 5.41) is 6.41. The van der Waals surface area contributed by atoms with Gasteiger partial charge in [-0.3, -0.25) is 4.79 Å². The predicted molar refractivity (Wildman–Crippen MR) is 73.5 cm³/mol. The molecular weight excluding hydrogens is 224 g/mol. The Labute approximate surface area is 109 Å². The lowest BCUT2D eigenvalue weighted by atomic mass is 10.1. The van der Waals surface area contributed by atoms with Crippen molar-refractivity contribution >= 4 is 5.91 Å². The summed E-state index contributed by atoms with van der Waals surface area (Å²) in [5.74, 6) is 0.171. The Hall–Kier alpha value is -1.35. The number of nitrogens with one attached hydrogen (secondary N) is 2. The van der Waals surface area contributed by atoms with Crippen molar-refractivity contribution in [1.82, 2.24) is 10.6 Å². The number of hydrogen-bond acceptors (Lipinski definition) is 2. The van der Waals surface area contributed by atoms with Crippen LogP contribution < -0.4 is 10.6 Å². The first-order chi connectivity index (χ1) is 8.74. The van der Waals surface area contributed by atoms with Crippen molar-refractivity contribution in [3.8, 4) is 0 Å². The Morgan fingerprint density at radius 3 is 3.11 bits per heavy atom. The highest BCUT2D eigenvalue weighted by molar-refractivity contribution is 5.76. The molecule has 1 aliphatic rings. The summed E-state index contributed by atoms with van der Waals surface area (Å²) >= 11 is 0. The Balaban J connectivity index is 1.74. The molecule has 1 saturated heterocycles. The number of piperidine rings is 1. The van der Waals surface area contributed by atoms with Crippen molar-refractivity contribution in [1.29, 1.82) is 0 Å². The lowest BCUT2D eigenvalue weighted by Gasteiger charge is -2.23. The van der Waals surface area contributed by atoms with E-state index in [2.05, 4.69) is 35.8 Å². The van der Waals surface area contributed by atoms with E-state index in [1.54, 1.807) is 0 Å². The molecular formula is C15H22N2O. The third kappa shape index (κ3) is 4.15. The molecule has 0 spiro atoms. The normalized spacial score (nSPS) is 19.5. The van der Waals surface area contributed by atoms with E-state index in [0.29, 0.717) is 12.5 Å². The molecule has 1 heterocycles. The van der Waals surface area contributed by atoms with E-state index in [0.717, 1.165) is 32.4 Å². The highest BCUT2D eigenvalue weighted by atomic mass is 16.1. The first-order valence-corrected chi connectivity index (χ1v) is 6.79. The van der Waals surface area contributed by atoms with Gasteiger partial charge in [0, 0.05) is 19.0 Å². The van der Waals surface area contributed by atoms with Gasteiger partial charge in [-0.05, 0) is 38.3 Å². The molecule has 1 aliphatic heterocycles. The lowest BCUT2D eigenvalue weighted by Crippen LogP contribution is -2.45. The molecule has 0 saturated carbocycles. The second-order valence-corrected chi connectivity index (χ2v) is 5.10. The van der Waals surface area contributed by atoms with Gasteiger partial charge in [0.2, 0.25) is 5.91 Å². The van der Waals surface area contributed by atoms with Crippen molar-refractivity contribution in [3.05, 3.63) is 35.4 Å². The monoisotopic (exact) mass is 246 g/mol. The van der Waals surface area contributed by atoms with E-state index in [-0.39, 0.29) is 5.91 Å². The van der Waals surface area contributed by atoms with Gasteiger partial charge in [-0.1, -0.05) is 29.8 Å². The summed E-state index contributed by atoms with van der Waals surface area (Å²) in [6.45, 7) is 4.07. The first kappa shape index (κ1) is 13.1. The highest BCUT2D eigenvalue weighted by Crippen LogP contribution is 2.07. The fourth-order valence-corrected chi connectivity index (χ4v) is 2.40. The largest absolute Gasteiger partial charge is 0.352 e. The molecule has 1 fully saturated rings. The second-order valence-electron chi connectivity index (χ2n) is 5.10. The van der Waals surface area contributed by atoms with Crippen LogP contribution in [0.2, 0.25) is 0 Å². The van der Waals surface area contributed by atoms with Crippen LogP contribution in [0.4, 0.5) is 0 Å². The molecule has 1 amide bonds. The van der Waals surface area contributed by atoms with Crippen LogP contribution in [0.3, 0.4) is 0 Å². The quantitative estimate of drug-likeness (QED) is 0.850. The second kappa shape index (κ2) is 6.55. The van der Waals surface area contributed by atoms with Crippen molar-refractivity contribution in [3.63, 3.8) is 0 Å². The zero-order valence-electron chi connectivity index (χ0n) is 11.0. The van der Waals surface area contributed by atoms with E-state index in [9.17, 15) is 4.79 Å². The first-order valence-electron chi connectivity index (χ1n) is 6.79. The number of benzene rings is 1. The van der Waals surface area contributed by atoms with Crippen molar-refractivity contribution in [2.75, 3.05) is 13.1 Å². The lowest BCUT2D eigenvalue weighted by molar-refractivity contribution is -0.121. The molecule has 98 valence electrons. The summed E-state index contributed by atoms with van der Waals surface area (Å²) in [6.07, 6.45) is 3.67. The topological polar surface area (TPSA) is 41.1 Å². The van der Waals surface area contributed by atoms with Crippen molar-refractivity contribution in [2.24, 2.45) is 0 Å². The summed E-state index contributed by atoms with van der Waals surface area (Å²) in [5.41, 5.74) is 2.50. The maximum atomic E-state index is 11.8. The van der Waals surface area contributed by atoms with E-state index in [1.807, 2.05) is 6.07 Å². The number of carbonyl (C=O) groups excluding carboxylic acids is 1. The zero-order valence-corrected chi connectivity index (χ0v) is 11.0. The van der Waals surface area contributed by atoms with Gasteiger partial charge in [-0.2, -0.15) is 0 Å². The average Bonchev–Trinajstić information content (AvgIpc) is 2.38. The minimum atomic E-state index is 0.171. The van der Waals surface area contributed by atoms with Crippen LogP contribution in [-0.2, 0) is 11.2 Å². The number of amides is 1. The number of hydrogen-bond donors (Lipinski definition) is 2. The molecule has 0 aliphatic carbocycles. The molecule has 1 atom stereocenters. The van der Waals surface area contributed by atoms with Crippen LogP contribution in [0.15, 0.2) is 24.3 Å². The fraction of sp³-hybridized carbons (Fsp3) is 0.533. The molecule has 1 aromatic carbocycles. The molecule has 0 unspecified atom stereocenters. The smallest absolute Gasteiger partial charge is 0.220 e. The van der Waals surface area contributed by atoms with Gasteiger partial charge in [0.25, 0.3) is 0 Å². The zero-order chi connectivity index (χ0) is 12.8. The van der Waals surface area contributed by atoms with Crippen LogP contribution in [0, 0.1) is 6.92 Å². The van der Waals surface area contributed by atoms with E-state index in [1.165, 1.54) is 11.1 Å². The van der Waals surface area contributed by atoms with Crippen LogP contribution in [-0.4, -0.2) is 25.0 Å². The molecule has 1 aromatic rings. The molecule has 0 bridgehead atoms. The van der Waals surface area contributed by atoms with Crippen LogP contribution >= 0.6 is 0 Å². The Bertz CT molecular complexity index is 397. The minimum Gasteiger partial charge on any atom is -0.352 e. The molecule has 2 rings (SSSR count). The number of aryl methyl sites for hydroxylation is 2. The fourth-order valence-electron chi connectivity index (χ4n) is 2.40. The van der Waals surface area contributed by atoms with E-state index in [4.69, 9.17) is 0 Å². The van der Waals surface area contributed by atoms with Gasteiger partial charge < -0.3 is 10.6 Å². The Morgan fingerprint density at radius 2 is 2.39 bits per heavy atom. The van der Waals surface area contributed by atoms with Gasteiger partial charge in [-0.25, -0.2) is 0 Å². The third-order valence-corrected chi connectivity index (χ3v) is 3.39. The van der Waals surface area contributed by atoms with Crippen molar-refractivity contribution in [2.45, 2.75) is 38.6 Å². The highest BCUT2D eigenvalue weighted by Gasteiger charge is 2.14. The minimum absolute atomic E-state index is 0.171. The summed E-state index contributed by atoms with van der Waals surface area (Å²) in [4.78, 5) is 11.8. The van der Waals surface area contributed by atoms with Crippen molar-refractivity contribution < 1.29 is 4.79 Å². The summed E-state index contributed by atoms with van der Waals surface area (Å²) in [6, 6.07) is 8.69. The van der Waals surface area contributed by atoms with E-state index >= 15 is 0 Å². The van der Waals surface area contributed by atoms with E-state index < -0.39 is 0 Å².